The fraction of sp³-hybridized carbons (Fsp3) is 0.467. The van der Waals surface area contributed by atoms with E-state index in [-0.39, 0.29) is 37.9 Å². The predicted octanol–water partition coefficient (Wildman–Crippen LogP) is 1.85. The number of halogens is 2. The van der Waals surface area contributed by atoms with Gasteiger partial charge in [-0.1, -0.05) is 12.1 Å². The molecule has 2 amide bonds. The maximum atomic E-state index is 12.3. The summed E-state index contributed by atoms with van der Waals surface area (Å²) in [4.78, 5) is 24.0. The smallest absolute Gasteiger partial charge is 0.387 e. The quantitative estimate of drug-likeness (QED) is 0.822. The SMILES string of the molecule is O=C(O)CCNC(=O)N1CCOC(c2cccc(OC(F)F)c2)C1. The molecule has 0 radical (unpaired) electrons. The first-order valence-electron chi connectivity index (χ1n) is 7.36. The summed E-state index contributed by atoms with van der Waals surface area (Å²) in [6.07, 6.45) is -0.628. The molecule has 2 N–H and O–H groups in total. The molecule has 132 valence electrons. The second kappa shape index (κ2) is 8.44. The fourth-order valence-corrected chi connectivity index (χ4v) is 2.31. The minimum atomic E-state index is -2.91. The molecule has 1 saturated heterocycles. The molecule has 7 nitrogen and oxygen atoms in total. The highest BCUT2D eigenvalue weighted by molar-refractivity contribution is 5.75. The lowest BCUT2D eigenvalue weighted by Crippen LogP contribution is -2.47. The third-order valence-corrected chi connectivity index (χ3v) is 3.42. The molecule has 24 heavy (non-hydrogen) atoms. The van der Waals surface area contributed by atoms with Gasteiger partial charge < -0.3 is 24.8 Å². The van der Waals surface area contributed by atoms with Gasteiger partial charge in [0.05, 0.1) is 19.6 Å². The number of rotatable bonds is 6. The van der Waals surface area contributed by atoms with E-state index in [9.17, 15) is 18.4 Å². The summed E-state index contributed by atoms with van der Waals surface area (Å²) in [6.45, 7) is -1.99. The number of aliphatic carboxylic acids is 1. The summed E-state index contributed by atoms with van der Waals surface area (Å²) >= 11 is 0. The van der Waals surface area contributed by atoms with Crippen LogP contribution in [-0.4, -0.2) is 54.9 Å². The van der Waals surface area contributed by atoms with E-state index in [0.29, 0.717) is 12.1 Å². The molecule has 1 unspecified atom stereocenters. The molecule has 2 rings (SSSR count). The monoisotopic (exact) mass is 344 g/mol. The van der Waals surface area contributed by atoms with Crippen LogP contribution in [-0.2, 0) is 9.53 Å². The van der Waals surface area contributed by atoms with Gasteiger partial charge in [0.2, 0.25) is 0 Å². The number of carbonyl (C=O) groups excluding carboxylic acids is 1. The van der Waals surface area contributed by atoms with E-state index in [0.717, 1.165) is 0 Å². The minimum absolute atomic E-state index is 0.0223. The maximum absolute atomic E-state index is 12.3. The molecule has 1 aliphatic heterocycles. The summed E-state index contributed by atoms with van der Waals surface area (Å²) < 4.78 is 34.5. The number of benzene rings is 1. The van der Waals surface area contributed by atoms with Crippen LogP contribution in [0.15, 0.2) is 24.3 Å². The first kappa shape index (κ1) is 17.9. The Morgan fingerprint density at radius 1 is 1.46 bits per heavy atom. The van der Waals surface area contributed by atoms with E-state index < -0.39 is 18.7 Å². The van der Waals surface area contributed by atoms with Crippen molar-refractivity contribution in [3.8, 4) is 5.75 Å². The van der Waals surface area contributed by atoms with E-state index >= 15 is 0 Å². The fourth-order valence-electron chi connectivity index (χ4n) is 2.31. The van der Waals surface area contributed by atoms with Gasteiger partial charge in [-0.3, -0.25) is 4.79 Å². The zero-order valence-corrected chi connectivity index (χ0v) is 12.8. The topological polar surface area (TPSA) is 88.1 Å². The Morgan fingerprint density at radius 3 is 2.96 bits per heavy atom. The van der Waals surface area contributed by atoms with Gasteiger partial charge >= 0.3 is 18.6 Å². The molecule has 9 heteroatoms. The predicted molar refractivity (Wildman–Crippen MR) is 79.0 cm³/mol. The second-order valence-electron chi connectivity index (χ2n) is 5.13. The number of ether oxygens (including phenoxy) is 2. The zero-order valence-electron chi connectivity index (χ0n) is 12.8. The zero-order chi connectivity index (χ0) is 17.5. The van der Waals surface area contributed by atoms with Gasteiger partial charge in [-0.05, 0) is 17.7 Å². The molecular weight excluding hydrogens is 326 g/mol. The van der Waals surface area contributed by atoms with Crippen LogP contribution in [0.2, 0.25) is 0 Å². The van der Waals surface area contributed by atoms with E-state index in [2.05, 4.69) is 10.1 Å². The number of nitrogens with zero attached hydrogens (tertiary/aromatic N) is 1. The first-order valence-corrected chi connectivity index (χ1v) is 7.36. The standard InChI is InChI=1S/C15H18F2N2O5/c16-14(17)24-11-3-1-2-10(8-11)12-9-19(6-7-23-12)15(22)18-5-4-13(20)21/h1-3,8,12,14H,4-7,9H2,(H,18,22)(H,20,21). The minimum Gasteiger partial charge on any atom is -0.481 e. The number of alkyl halides is 2. The van der Waals surface area contributed by atoms with Gasteiger partial charge in [-0.2, -0.15) is 8.78 Å². The lowest BCUT2D eigenvalue weighted by molar-refractivity contribution is -0.136. The van der Waals surface area contributed by atoms with Crippen LogP contribution in [0.5, 0.6) is 5.75 Å². The Morgan fingerprint density at radius 2 is 2.25 bits per heavy atom. The molecule has 1 fully saturated rings. The summed E-state index contributed by atoms with van der Waals surface area (Å²) in [5.41, 5.74) is 0.621. The lowest BCUT2D eigenvalue weighted by atomic mass is 10.1. The summed E-state index contributed by atoms with van der Waals surface area (Å²) in [6, 6.07) is 5.75. The highest BCUT2D eigenvalue weighted by atomic mass is 19.3. The number of morpholine rings is 1. The summed E-state index contributed by atoms with van der Waals surface area (Å²) in [5, 5.41) is 11.1. The van der Waals surface area contributed by atoms with Crippen LogP contribution < -0.4 is 10.1 Å². The molecule has 1 aromatic carbocycles. The van der Waals surface area contributed by atoms with Crippen molar-refractivity contribution >= 4 is 12.0 Å². The van der Waals surface area contributed by atoms with Gasteiger partial charge in [0.25, 0.3) is 0 Å². The molecular formula is C15H18F2N2O5. The van der Waals surface area contributed by atoms with Crippen LogP contribution in [0.4, 0.5) is 13.6 Å². The molecule has 0 spiro atoms. The molecule has 1 aromatic rings. The second-order valence-corrected chi connectivity index (χ2v) is 5.13. The Hall–Kier alpha value is -2.42. The first-order chi connectivity index (χ1) is 11.5. The summed E-state index contributed by atoms with van der Waals surface area (Å²) in [5.74, 6) is -0.972. The molecule has 1 heterocycles. The third kappa shape index (κ3) is 5.34. The highest BCUT2D eigenvalue weighted by Crippen LogP contribution is 2.26. The van der Waals surface area contributed by atoms with Crippen molar-refractivity contribution < 1.29 is 33.0 Å². The number of amides is 2. The number of carboxylic acids is 1. The van der Waals surface area contributed by atoms with Crippen molar-refractivity contribution in [3.63, 3.8) is 0 Å². The van der Waals surface area contributed by atoms with E-state index in [4.69, 9.17) is 9.84 Å². The Labute approximate surface area is 137 Å². The molecule has 0 aliphatic carbocycles. The molecule has 1 aliphatic rings. The van der Waals surface area contributed by atoms with Crippen LogP contribution >= 0.6 is 0 Å². The third-order valence-electron chi connectivity index (χ3n) is 3.42. The number of urea groups is 1. The van der Waals surface area contributed by atoms with E-state index in [1.165, 1.54) is 17.0 Å². The Kier molecular flexibility index (Phi) is 6.30. The van der Waals surface area contributed by atoms with E-state index in [1.54, 1.807) is 12.1 Å². The lowest BCUT2D eigenvalue weighted by Gasteiger charge is -2.33. The maximum Gasteiger partial charge on any atom is 0.387 e. The summed E-state index contributed by atoms with van der Waals surface area (Å²) in [7, 11) is 0. The van der Waals surface area contributed by atoms with Crippen molar-refractivity contribution in [1.82, 2.24) is 10.2 Å². The van der Waals surface area contributed by atoms with Crippen LogP contribution in [0.3, 0.4) is 0 Å². The van der Waals surface area contributed by atoms with Gasteiger partial charge in [0.1, 0.15) is 11.9 Å². The Balaban J connectivity index is 1.95. The number of hydrogen-bond acceptors (Lipinski definition) is 4. The van der Waals surface area contributed by atoms with Gasteiger partial charge in [0, 0.05) is 13.1 Å². The Bertz CT molecular complexity index is 585. The van der Waals surface area contributed by atoms with Crippen molar-refractivity contribution in [2.45, 2.75) is 19.1 Å². The largest absolute Gasteiger partial charge is 0.481 e. The highest BCUT2D eigenvalue weighted by Gasteiger charge is 2.25. The normalized spacial score (nSPS) is 17.6. The molecule has 1 atom stereocenters. The number of carbonyl (C=O) groups is 2. The average Bonchev–Trinajstić information content (AvgIpc) is 2.54. The van der Waals surface area contributed by atoms with Gasteiger partial charge in [-0.25, -0.2) is 4.79 Å². The molecule has 0 bridgehead atoms. The van der Waals surface area contributed by atoms with Crippen LogP contribution in [0, 0.1) is 0 Å². The molecule has 0 aromatic heterocycles. The average molecular weight is 344 g/mol. The van der Waals surface area contributed by atoms with Crippen molar-refractivity contribution in [2.75, 3.05) is 26.2 Å². The van der Waals surface area contributed by atoms with Crippen LogP contribution in [0.1, 0.15) is 18.1 Å². The number of hydrogen-bond donors (Lipinski definition) is 2. The molecule has 0 saturated carbocycles. The van der Waals surface area contributed by atoms with Gasteiger partial charge in [-0.15, -0.1) is 0 Å². The van der Waals surface area contributed by atoms with Crippen molar-refractivity contribution in [2.24, 2.45) is 0 Å². The number of nitrogens with one attached hydrogen (secondary N) is 1. The van der Waals surface area contributed by atoms with E-state index in [1.807, 2.05) is 0 Å². The van der Waals surface area contributed by atoms with Crippen molar-refractivity contribution in [1.29, 1.82) is 0 Å². The van der Waals surface area contributed by atoms with Crippen molar-refractivity contribution in [3.05, 3.63) is 29.8 Å². The number of carboxylic acid groups (broad SMARTS) is 1. The van der Waals surface area contributed by atoms with Crippen LogP contribution in [0.25, 0.3) is 0 Å². The van der Waals surface area contributed by atoms with Gasteiger partial charge in [0.15, 0.2) is 0 Å².